The zero-order valence-corrected chi connectivity index (χ0v) is 9.21. The summed E-state index contributed by atoms with van der Waals surface area (Å²) in [6, 6.07) is 0. The van der Waals surface area contributed by atoms with Crippen LogP contribution in [0.15, 0.2) is 0 Å². The molecule has 2 nitrogen and oxygen atoms in total. The highest BCUT2D eigenvalue weighted by Gasteiger charge is 2.59. The largest absolute Gasteiger partial charge is 0.347 e. The summed E-state index contributed by atoms with van der Waals surface area (Å²) >= 11 is 0. The van der Waals surface area contributed by atoms with E-state index in [-0.39, 0.29) is 5.79 Å². The quantitative estimate of drug-likeness (QED) is 0.593. The second-order valence-corrected chi connectivity index (χ2v) is 5.96. The maximum absolute atomic E-state index is 5.94. The summed E-state index contributed by atoms with van der Waals surface area (Å²) in [4.78, 5) is 0. The van der Waals surface area contributed by atoms with Crippen LogP contribution in [0.2, 0.25) is 0 Å². The summed E-state index contributed by atoms with van der Waals surface area (Å²) in [6.45, 7) is 6.40. The lowest BCUT2D eigenvalue weighted by Gasteiger charge is -2.45. The van der Waals surface area contributed by atoms with Crippen molar-refractivity contribution >= 4 is 0 Å². The van der Waals surface area contributed by atoms with E-state index in [4.69, 9.17) is 9.47 Å². The van der Waals surface area contributed by atoms with Crippen molar-refractivity contribution in [3.8, 4) is 0 Å². The molecule has 0 aromatic carbocycles. The van der Waals surface area contributed by atoms with Gasteiger partial charge in [-0.25, -0.2) is 0 Å². The molecule has 3 aliphatic rings. The Balaban J connectivity index is 1.90. The van der Waals surface area contributed by atoms with E-state index in [1.807, 2.05) is 0 Å². The average molecular weight is 196 g/mol. The van der Waals surface area contributed by atoms with E-state index >= 15 is 0 Å². The highest BCUT2D eigenvalue weighted by molar-refractivity contribution is 5.03. The molecule has 1 aliphatic heterocycles. The molecule has 2 bridgehead atoms. The highest BCUT2D eigenvalue weighted by Crippen LogP contribution is 2.58. The van der Waals surface area contributed by atoms with E-state index in [1.165, 1.54) is 25.7 Å². The van der Waals surface area contributed by atoms with Crippen molar-refractivity contribution in [3.63, 3.8) is 0 Å². The van der Waals surface area contributed by atoms with Gasteiger partial charge in [-0.1, -0.05) is 13.8 Å². The predicted octanol–water partition coefficient (Wildman–Crippen LogP) is 2.58. The van der Waals surface area contributed by atoms with Gasteiger partial charge in [0.2, 0.25) is 0 Å². The summed E-state index contributed by atoms with van der Waals surface area (Å²) in [7, 11) is 0. The van der Waals surface area contributed by atoms with Gasteiger partial charge in [-0.2, -0.15) is 0 Å². The Labute approximate surface area is 86.0 Å². The molecule has 80 valence electrons. The molecule has 1 spiro atoms. The van der Waals surface area contributed by atoms with Gasteiger partial charge in [0.1, 0.15) is 0 Å². The molecule has 2 unspecified atom stereocenters. The SMILES string of the molecule is CC1(C)CC2CCC(C1)C21OCCO1. The maximum atomic E-state index is 5.94. The number of ether oxygens (including phenoxy) is 2. The molecular weight excluding hydrogens is 176 g/mol. The van der Waals surface area contributed by atoms with Crippen molar-refractivity contribution in [1.82, 2.24) is 0 Å². The predicted molar refractivity (Wildman–Crippen MR) is 53.9 cm³/mol. The van der Waals surface area contributed by atoms with Crippen LogP contribution in [0.1, 0.15) is 39.5 Å². The molecule has 14 heavy (non-hydrogen) atoms. The van der Waals surface area contributed by atoms with Gasteiger partial charge in [-0.15, -0.1) is 0 Å². The molecule has 2 saturated carbocycles. The van der Waals surface area contributed by atoms with Crippen LogP contribution in [-0.2, 0) is 9.47 Å². The summed E-state index contributed by atoms with van der Waals surface area (Å²) in [5.74, 6) is 1.19. The third-order valence-electron chi connectivity index (χ3n) is 4.34. The van der Waals surface area contributed by atoms with Crippen molar-refractivity contribution in [3.05, 3.63) is 0 Å². The minimum atomic E-state index is -0.143. The first kappa shape index (κ1) is 9.17. The van der Waals surface area contributed by atoms with Gasteiger partial charge in [0.15, 0.2) is 5.79 Å². The van der Waals surface area contributed by atoms with Gasteiger partial charge in [-0.3, -0.25) is 0 Å². The summed E-state index contributed by atoms with van der Waals surface area (Å²) in [5.41, 5.74) is 0.506. The van der Waals surface area contributed by atoms with Crippen molar-refractivity contribution in [2.24, 2.45) is 17.3 Å². The number of rotatable bonds is 0. The molecule has 0 aromatic heterocycles. The van der Waals surface area contributed by atoms with Crippen LogP contribution in [0, 0.1) is 17.3 Å². The van der Waals surface area contributed by atoms with Gasteiger partial charge >= 0.3 is 0 Å². The fourth-order valence-electron chi connectivity index (χ4n) is 3.96. The van der Waals surface area contributed by atoms with Gasteiger partial charge in [0.05, 0.1) is 13.2 Å². The van der Waals surface area contributed by atoms with Crippen molar-refractivity contribution in [2.75, 3.05) is 13.2 Å². The Morgan fingerprint density at radius 3 is 1.93 bits per heavy atom. The van der Waals surface area contributed by atoms with Crippen LogP contribution in [0.4, 0.5) is 0 Å². The summed E-state index contributed by atoms with van der Waals surface area (Å²) < 4.78 is 11.9. The standard InChI is InChI=1S/C12H20O2/c1-11(2)7-9-3-4-10(8-11)12(9)13-5-6-14-12/h9-10H,3-8H2,1-2H3. The highest BCUT2D eigenvalue weighted by atomic mass is 16.7. The van der Waals surface area contributed by atoms with Crippen LogP contribution in [0.25, 0.3) is 0 Å². The second kappa shape index (κ2) is 2.73. The lowest BCUT2D eigenvalue weighted by molar-refractivity contribution is -0.236. The smallest absolute Gasteiger partial charge is 0.174 e. The molecule has 1 heterocycles. The van der Waals surface area contributed by atoms with Crippen molar-refractivity contribution < 1.29 is 9.47 Å². The first-order valence-electron chi connectivity index (χ1n) is 5.90. The van der Waals surface area contributed by atoms with Crippen LogP contribution in [0.3, 0.4) is 0 Å². The Kier molecular flexibility index (Phi) is 1.79. The van der Waals surface area contributed by atoms with Crippen LogP contribution < -0.4 is 0 Å². The lowest BCUT2D eigenvalue weighted by Crippen LogP contribution is -2.48. The Bertz CT molecular complexity index is 223. The molecule has 2 heteroatoms. The zero-order valence-electron chi connectivity index (χ0n) is 9.21. The van der Waals surface area contributed by atoms with E-state index in [1.54, 1.807) is 0 Å². The molecule has 0 N–H and O–H groups in total. The lowest BCUT2D eigenvalue weighted by atomic mass is 9.68. The van der Waals surface area contributed by atoms with Crippen LogP contribution in [0.5, 0.6) is 0 Å². The van der Waals surface area contributed by atoms with Gasteiger partial charge in [0, 0.05) is 11.8 Å². The maximum Gasteiger partial charge on any atom is 0.174 e. The van der Waals surface area contributed by atoms with Gasteiger partial charge < -0.3 is 9.47 Å². The number of hydrogen-bond donors (Lipinski definition) is 0. The number of hydrogen-bond acceptors (Lipinski definition) is 2. The van der Waals surface area contributed by atoms with Gasteiger partial charge in [-0.05, 0) is 31.1 Å². The zero-order chi connectivity index (χ0) is 9.81. The van der Waals surface area contributed by atoms with E-state index in [2.05, 4.69) is 13.8 Å². The van der Waals surface area contributed by atoms with Crippen LogP contribution >= 0.6 is 0 Å². The Morgan fingerprint density at radius 1 is 0.929 bits per heavy atom. The second-order valence-electron chi connectivity index (χ2n) is 5.96. The van der Waals surface area contributed by atoms with Gasteiger partial charge in [0.25, 0.3) is 0 Å². The first-order chi connectivity index (χ1) is 6.62. The first-order valence-corrected chi connectivity index (χ1v) is 5.90. The fraction of sp³-hybridized carbons (Fsp3) is 1.00. The average Bonchev–Trinajstić information content (AvgIpc) is 2.64. The van der Waals surface area contributed by atoms with Crippen molar-refractivity contribution in [2.45, 2.75) is 45.3 Å². The molecule has 0 radical (unpaired) electrons. The van der Waals surface area contributed by atoms with E-state index in [0.717, 1.165) is 13.2 Å². The molecule has 2 atom stereocenters. The third-order valence-corrected chi connectivity index (χ3v) is 4.34. The van der Waals surface area contributed by atoms with E-state index in [0.29, 0.717) is 17.3 Å². The third kappa shape index (κ3) is 1.10. The molecule has 3 rings (SSSR count). The summed E-state index contributed by atoms with van der Waals surface area (Å²) in [6.07, 6.45) is 5.19. The van der Waals surface area contributed by atoms with Crippen molar-refractivity contribution in [1.29, 1.82) is 0 Å². The molecule has 1 saturated heterocycles. The molecule has 2 aliphatic carbocycles. The molecular formula is C12H20O2. The minimum absolute atomic E-state index is 0.143. The van der Waals surface area contributed by atoms with E-state index in [9.17, 15) is 0 Å². The molecule has 0 amide bonds. The monoisotopic (exact) mass is 196 g/mol. The summed E-state index contributed by atoms with van der Waals surface area (Å²) in [5, 5.41) is 0. The topological polar surface area (TPSA) is 18.5 Å². The van der Waals surface area contributed by atoms with E-state index < -0.39 is 0 Å². The minimum Gasteiger partial charge on any atom is -0.347 e. The van der Waals surface area contributed by atoms with Crippen LogP contribution in [-0.4, -0.2) is 19.0 Å². The molecule has 3 fully saturated rings. The molecule has 0 aromatic rings. The normalized spacial score (nSPS) is 43.3. The Morgan fingerprint density at radius 2 is 1.43 bits per heavy atom. The Hall–Kier alpha value is -0.0800. The fourth-order valence-corrected chi connectivity index (χ4v) is 3.96.